The Hall–Kier alpha value is -1.32. The van der Waals surface area contributed by atoms with E-state index in [0.29, 0.717) is 0 Å². The molecule has 0 fully saturated rings. The first-order valence-corrected chi connectivity index (χ1v) is 6.75. The van der Waals surface area contributed by atoms with Crippen LogP contribution in [0.3, 0.4) is 0 Å². The minimum atomic E-state index is -0.189. The van der Waals surface area contributed by atoms with Crippen LogP contribution < -0.4 is 5.32 Å². The second kappa shape index (κ2) is 4.75. The third kappa shape index (κ3) is 2.74. The van der Waals surface area contributed by atoms with Crippen molar-refractivity contribution in [3.63, 3.8) is 0 Å². The lowest BCUT2D eigenvalue weighted by atomic mass is 10.0. The number of nitrogens with zero attached hydrogens (tertiary/aromatic N) is 2. The second-order valence-corrected chi connectivity index (χ2v) is 6.17. The van der Waals surface area contributed by atoms with Crippen LogP contribution in [0.4, 0.5) is 0 Å². The number of aryl methyl sites for hydroxylation is 1. The Morgan fingerprint density at radius 2 is 2.06 bits per heavy atom. The molecule has 18 heavy (non-hydrogen) atoms. The Bertz CT molecular complexity index is 442. The fourth-order valence-electron chi connectivity index (χ4n) is 2.43. The van der Waals surface area contributed by atoms with Crippen molar-refractivity contribution in [2.75, 3.05) is 0 Å². The molecule has 4 nitrogen and oxygen atoms in total. The van der Waals surface area contributed by atoms with Crippen molar-refractivity contribution in [3.05, 3.63) is 17.7 Å². The number of rotatable bonds is 2. The van der Waals surface area contributed by atoms with E-state index in [1.807, 2.05) is 38.6 Å². The van der Waals surface area contributed by atoms with Crippen molar-refractivity contribution < 1.29 is 4.79 Å². The number of amides is 1. The zero-order valence-corrected chi connectivity index (χ0v) is 11.8. The van der Waals surface area contributed by atoms with E-state index in [1.165, 1.54) is 24.2 Å². The van der Waals surface area contributed by atoms with Crippen molar-refractivity contribution >= 4 is 5.91 Å². The minimum Gasteiger partial charge on any atom is -0.350 e. The van der Waals surface area contributed by atoms with E-state index in [1.54, 1.807) is 0 Å². The zero-order valence-electron chi connectivity index (χ0n) is 11.8. The topological polar surface area (TPSA) is 46.9 Å². The molecule has 1 atom stereocenters. The van der Waals surface area contributed by atoms with Crippen LogP contribution in [0.2, 0.25) is 0 Å². The van der Waals surface area contributed by atoms with E-state index in [-0.39, 0.29) is 17.5 Å². The number of imidazole rings is 1. The zero-order chi connectivity index (χ0) is 13.3. The first-order chi connectivity index (χ1) is 8.38. The van der Waals surface area contributed by atoms with E-state index < -0.39 is 0 Å². The van der Waals surface area contributed by atoms with Gasteiger partial charge in [-0.25, -0.2) is 4.98 Å². The highest BCUT2D eigenvalue weighted by molar-refractivity contribution is 5.80. The number of hydrogen-bond donors (Lipinski definition) is 1. The van der Waals surface area contributed by atoms with Gasteiger partial charge in [-0.2, -0.15) is 0 Å². The molecule has 100 valence electrons. The van der Waals surface area contributed by atoms with Crippen LogP contribution in [0.5, 0.6) is 0 Å². The van der Waals surface area contributed by atoms with Crippen LogP contribution >= 0.6 is 0 Å². The van der Waals surface area contributed by atoms with Crippen molar-refractivity contribution in [1.29, 1.82) is 0 Å². The minimum absolute atomic E-state index is 0.0632. The Morgan fingerprint density at radius 3 is 2.72 bits per heavy atom. The highest BCUT2D eigenvalue weighted by atomic mass is 16.2. The van der Waals surface area contributed by atoms with Crippen LogP contribution in [0.15, 0.2) is 6.33 Å². The molecular formula is C14H23N3O. The van der Waals surface area contributed by atoms with Gasteiger partial charge in [0.2, 0.25) is 5.91 Å². The maximum Gasteiger partial charge on any atom is 0.243 e. The largest absolute Gasteiger partial charge is 0.350 e. The molecule has 0 bridgehead atoms. The van der Waals surface area contributed by atoms with Gasteiger partial charge < -0.3 is 9.88 Å². The first-order valence-electron chi connectivity index (χ1n) is 6.75. The van der Waals surface area contributed by atoms with Gasteiger partial charge in [0.15, 0.2) is 0 Å². The van der Waals surface area contributed by atoms with Crippen LogP contribution in [-0.4, -0.2) is 21.0 Å². The summed E-state index contributed by atoms with van der Waals surface area (Å²) in [7, 11) is 0. The van der Waals surface area contributed by atoms with Crippen LogP contribution in [0.25, 0.3) is 0 Å². The average Bonchev–Trinajstić information content (AvgIpc) is 2.69. The highest BCUT2D eigenvalue weighted by Gasteiger charge is 2.24. The van der Waals surface area contributed by atoms with Crippen molar-refractivity contribution in [2.45, 2.75) is 65.0 Å². The summed E-state index contributed by atoms with van der Waals surface area (Å²) in [4.78, 5) is 16.6. The monoisotopic (exact) mass is 249 g/mol. The predicted molar refractivity (Wildman–Crippen MR) is 71.5 cm³/mol. The lowest BCUT2D eigenvalue weighted by Crippen LogP contribution is -2.44. The summed E-state index contributed by atoms with van der Waals surface area (Å²) >= 11 is 0. The summed E-state index contributed by atoms with van der Waals surface area (Å²) in [5.41, 5.74) is 2.24. The molecule has 1 aliphatic rings. The molecule has 1 unspecified atom stereocenters. The Kier molecular flexibility index (Phi) is 3.46. The molecule has 1 N–H and O–H groups in total. The van der Waals surface area contributed by atoms with Gasteiger partial charge in [0.25, 0.3) is 0 Å². The van der Waals surface area contributed by atoms with Crippen molar-refractivity contribution in [3.8, 4) is 0 Å². The molecule has 0 aliphatic heterocycles. The van der Waals surface area contributed by atoms with E-state index in [4.69, 9.17) is 0 Å². The van der Waals surface area contributed by atoms with E-state index in [0.717, 1.165) is 12.8 Å². The van der Waals surface area contributed by atoms with Gasteiger partial charge in [-0.15, -0.1) is 0 Å². The van der Waals surface area contributed by atoms with Gasteiger partial charge in [0.05, 0.1) is 12.0 Å². The average molecular weight is 249 g/mol. The fourth-order valence-corrected chi connectivity index (χ4v) is 2.43. The molecule has 1 aromatic heterocycles. The third-order valence-electron chi connectivity index (χ3n) is 3.35. The molecule has 4 heteroatoms. The first kappa shape index (κ1) is 13.1. The van der Waals surface area contributed by atoms with Crippen LogP contribution in [-0.2, 0) is 17.6 Å². The standard InChI is InChI=1S/C14H23N3O/c1-10(13(18)16-14(2,3)4)17-9-15-11-7-5-6-8-12(11)17/h9-10H,5-8H2,1-4H3,(H,16,18). The Morgan fingerprint density at radius 1 is 1.39 bits per heavy atom. The third-order valence-corrected chi connectivity index (χ3v) is 3.35. The van der Waals surface area contributed by atoms with Gasteiger partial charge in [-0.3, -0.25) is 4.79 Å². The number of aromatic nitrogens is 2. The molecule has 1 amide bonds. The molecule has 0 aromatic carbocycles. The summed E-state index contributed by atoms with van der Waals surface area (Å²) in [6.45, 7) is 7.95. The van der Waals surface area contributed by atoms with Gasteiger partial charge >= 0.3 is 0 Å². The van der Waals surface area contributed by atoms with Crippen LogP contribution in [0, 0.1) is 0 Å². The number of hydrogen-bond acceptors (Lipinski definition) is 2. The summed E-state index contributed by atoms with van der Waals surface area (Å²) < 4.78 is 2.04. The maximum absolute atomic E-state index is 12.2. The van der Waals surface area contributed by atoms with Gasteiger partial charge in [-0.05, 0) is 53.4 Å². The number of nitrogens with one attached hydrogen (secondary N) is 1. The maximum atomic E-state index is 12.2. The number of fused-ring (bicyclic) bond motifs is 1. The van der Waals surface area contributed by atoms with Crippen molar-refractivity contribution in [2.24, 2.45) is 0 Å². The molecule has 0 radical (unpaired) electrons. The van der Waals surface area contributed by atoms with E-state index in [9.17, 15) is 4.79 Å². The smallest absolute Gasteiger partial charge is 0.243 e. The van der Waals surface area contributed by atoms with Crippen molar-refractivity contribution in [1.82, 2.24) is 14.9 Å². The highest BCUT2D eigenvalue weighted by Crippen LogP contribution is 2.23. The lowest BCUT2D eigenvalue weighted by molar-refractivity contribution is -0.125. The summed E-state index contributed by atoms with van der Waals surface area (Å²) in [5.74, 6) is 0.0632. The lowest BCUT2D eigenvalue weighted by Gasteiger charge is -2.25. The SMILES string of the molecule is CC(C(=O)NC(C)(C)C)n1cnc2c1CCCC2. The normalized spacial score (nSPS) is 17.1. The van der Waals surface area contributed by atoms with Gasteiger partial charge in [0, 0.05) is 11.2 Å². The quantitative estimate of drug-likeness (QED) is 0.873. The Balaban J connectivity index is 2.16. The van der Waals surface area contributed by atoms with E-state index in [2.05, 4.69) is 10.3 Å². The van der Waals surface area contributed by atoms with Crippen LogP contribution in [0.1, 0.15) is 58.0 Å². The molecule has 2 rings (SSSR count). The molecule has 0 saturated carbocycles. The Labute approximate surface area is 109 Å². The summed E-state index contributed by atoms with van der Waals surface area (Å²) in [6, 6.07) is -0.182. The number of carbonyl (C=O) groups excluding carboxylic acids is 1. The molecule has 0 saturated heterocycles. The summed E-state index contributed by atoms with van der Waals surface area (Å²) in [5, 5.41) is 3.03. The van der Waals surface area contributed by atoms with Gasteiger partial charge in [0.1, 0.15) is 6.04 Å². The molecule has 1 aromatic rings. The predicted octanol–water partition coefficient (Wildman–Crippen LogP) is 2.24. The fraction of sp³-hybridized carbons (Fsp3) is 0.714. The summed E-state index contributed by atoms with van der Waals surface area (Å²) in [6.07, 6.45) is 6.33. The second-order valence-electron chi connectivity index (χ2n) is 6.17. The molecule has 1 heterocycles. The molecule has 1 aliphatic carbocycles. The molecular weight excluding hydrogens is 226 g/mol. The molecule has 0 spiro atoms. The number of carbonyl (C=O) groups is 1. The van der Waals surface area contributed by atoms with E-state index >= 15 is 0 Å². The van der Waals surface area contributed by atoms with Gasteiger partial charge in [-0.1, -0.05) is 0 Å².